The topological polar surface area (TPSA) is 49.8 Å². The Bertz CT molecular complexity index is 1150. The Balaban J connectivity index is 1.56. The fourth-order valence-electron chi connectivity index (χ4n) is 3.35. The number of allylic oxidation sites excluding steroid dienone is 1. The number of nitrogens with one attached hydrogen (secondary N) is 2. The predicted octanol–water partition coefficient (Wildman–Crippen LogP) is 5.38. The minimum atomic E-state index is -0.282. The highest BCUT2D eigenvalue weighted by Gasteiger charge is 2.23. The highest BCUT2D eigenvalue weighted by molar-refractivity contribution is 7.18. The molecule has 3 aromatic heterocycles. The molecular weight excluding hydrogens is 367 g/mol. The summed E-state index contributed by atoms with van der Waals surface area (Å²) in [6.45, 7) is 5.07. The van der Waals surface area contributed by atoms with E-state index in [-0.39, 0.29) is 5.82 Å². The summed E-state index contributed by atoms with van der Waals surface area (Å²) >= 11 is 3.11. The van der Waals surface area contributed by atoms with Crippen LogP contribution in [-0.2, 0) is 0 Å². The number of pyridine rings is 1. The molecule has 0 amide bonds. The summed E-state index contributed by atoms with van der Waals surface area (Å²) in [5.74, 6) is 0.0423. The molecule has 2 N–H and O–H groups in total. The van der Waals surface area contributed by atoms with Crippen LogP contribution in [0.25, 0.3) is 20.4 Å². The Labute approximate surface area is 157 Å². The van der Waals surface area contributed by atoms with E-state index in [4.69, 9.17) is 0 Å². The molecule has 1 aliphatic heterocycles. The lowest BCUT2D eigenvalue weighted by atomic mass is 10.0. The second-order valence-electron chi connectivity index (χ2n) is 6.30. The average molecular weight is 382 g/mol. The van der Waals surface area contributed by atoms with Crippen molar-refractivity contribution >= 4 is 54.5 Å². The van der Waals surface area contributed by atoms with Crippen LogP contribution in [0.5, 0.6) is 0 Å². The van der Waals surface area contributed by atoms with Crippen molar-refractivity contribution in [3.8, 4) is 0 Å². The molecule has 4 aromatic rings. The number of hydrogen-bond donors (Lipinski definition) is 2. The van der Waals surface area contributed by atoms with Crippen LogP contribution in [0.1, 0.15) is 17.2 Å². The summed E-state index contributed by atoms with van der Waals surface area (Å²) < 4.78 is 15.3. The van der Waals surface area contributed by atoms with E-state index in [1.54, 1.807) is 29.1 Å². The summed E-state index contributed by atoms with van der Waals surface area (Å²) in [4.78, 5) is 10.9. The number of aromatic nitrogens is 2. The smallest absolute Gasteiger partial charge is 0.148 e. The van der Waals surface area contributed by atoms with Gasteiger partial charge in [0.05, 0.1) is 27.1 Å². The van der Waals surface area contributed by atoms with Crippen molar-refractivity contribution in [1.82, 2.24) is 15.3 Å². The van der Waals surface area contributed by atoms with Crippen LogP contribution in [0.4, 0.5) is 15.8 Å². The Morgan fingerprint density at radius 1 is 1.23 bits per heavy atom. The van der Waals surface area contributed by atoms with Gasteiger partial charge in [0.25, 0.3) is 0 Å². The second kappa shape index (κ2) is 6.03. The van der Waals surface area contributed by atoms with Crippen molar-refractivity contribution < 1.29 is 4.39 Å². The standard InChI is InChI=1S/C19H15FN4S2/c1-10-11(2-4-21-10)17-6-12-14(3-5-22-19(12)26-17)24-15-8-16-18(7-13(15)20)25-9-23-16/h3,5-9,11,21H,1-2,4H2,(H,22,24)/t11-/m0/s1. The van der Waals surface area contributed by atoms with Crippen LogP contribution in [0.2, 0.25) is 0 Å². The number of benzene rings is 1. The highest BCUT2D eigenvalue weighted by atomic mass is 32.1. The Morgan fingerprint density at radius 2 is 2.15 bits per heavy atom. The first-order valence-corrected chi connectivity index (χ1v) is 9.99. The first-order valence-electron chi connectivity index (χ1n) is 8.30. The fourth-order valence-corrected chi connectivity index (χ4v) is 5.23. The summed E-state index contributed by atoms with van der Waals surface area (Å²) in [6.07, 6.45) is 2.80. The molecule has 0 spiro atoms. The molecule has 5 rings (SSSR count). The first kappa shape index (κ1) is 15.7. The number of hydrogen-bond acceptors (Lipinski definition) is 6. The number of anilines is 2. The Morgan fingerprint density at radius 3 is 3.00 bits per heavy atom. The van der Waals surface area contributed by atoms with Gasteiger partial charge in [-0.1, -0.05) is 6.58 Å². The number of fused-ring (bicyclic) bond motifs is 2. The Hall–Kier alpha value is -2.51. The van der Waals surface area contributed by atoms with Gasteiger partial charge < -0.3 is 10.6 Å². The van der Waals surface area contributed by atoms with Crippen LogP contribution >= 0.6 is 22.7 Å². The van der Waals surface area contributed by atoms with Crippen molar-refractivity contribution in [3.63, 3.8) is 0 Å². The maximum atomic E-state index is 14.5. The van der Waals surface area contributed by atoms with Gasteiger partial charge in [-0.3, -0.25) is 0 Å². The number of thiophene rings is 1. The Kier molecular flexibility index (Phi) is 3.65. The molecule has 0 radical (unpaired) electrons. The van der Waals surface area contributed by atoms with Gasteiger partial charge in [-0.2, -0.15) is 0 Å². The highest BCUT2D eigenvalue weighted by Crippen LogP contribution is 2.39. The van der Waals surface area contributed by atoms with E-state index in [0.717, 1.165) is 44.8 Å². The zero-order chi connectivity index (χ0) is 17.7. The molecule has 1 aliphatic rings. The van der Waals surface area contributed by atoms with Gasteiger partial charge in [0.1, 0.15) is 10.6 Å². The van der Waals surface area contributed by atoms with Gasteiger partial charge in [0.15, 0.2) is 0 Å². The van der Waals surface area contributed by atoms with Crippen LogP contribution in [0, 0.1) is 5.82 Å². The molecular formula is C19H15FN4S2. The van der Waals surface area contributed by atoms with Gasteiger partial charge in [-0.25, -0.2) is 14.4 Å². The van der Waals surface area contributed by atoms with Crippen molar-refractivity contribution in [2.45, 2.75) is 12.3 Å². The molecule has 1 saturated heterocycles. The number of halogens is 1. The van der Waals surface area contributed by atoms with Crippen molar-refractivity contribution in [1.29, 1.82) is 0 Å². The monoisotopic (exact) mass is 382 g/mol. The first-order chi connectivity index (χ1) is 12.7. The molecule has 1 fully saturated rings. The van der Waals surface area contributed by atoms with Crippen molar-refractivity contribution in [3.05, 3.63) is 58.9 Å². The molecule has 0 saturated carbocycles. The number of thiazole rings is 1. The molecule has 26 heavy (non-hydrogen) atoms. The SMILES string of the molecule is C=C1NCC[C@@H]1c1cc2c(Nc3cc4ncsc4cc3F)ccnc2s1. The molecule has 0 aliphatic carbocycles. The lowest BCUT2D eigenvalue weighted by molar-refractivity contribution is 0.634. The molecule has 1 aromatic carbocycles. The average Bonchev–Trinajstić information content (AvgIpc) is 3.34. The molecule has 0 unspecified atom stereocenters. The van der Waals surface area contributed by atoms with E-state index in [2.05, 4.69) is 33.2 Å². The van der Waals surface area contributed by atoms with Gasteiger partial charge in [0, 0.05) is 34.6 Å². The van der Waals surface area contributed by atoms with Crippen LogP contribution in [0.15, 0.2) is 48.2 Å². The minimum Gasteiger partial charge on any atom is -0.388 e. The molecule has 1 atom stereocenters. The van der Waals surface area contributed by atoms with Crippen molar-refractivity contribution in [2.75, 3.05) is 11.9 Å². The van der Waals surface area contributed by atoms with E-state index in [1.165, 1.54) is 22.3 Å². The van der Waals surface area contributed by atoms with Gasteiger partial charge in [-0.05, 0) is 30.7 Å². The lowest BCUT2D eigenvalue weighted by Gasteiger charge is -2.09. The molecule has 130 valence electrons. The van der Waals surface area contributed by atoms with Gasteiger partial charge in [-0.15, -0.1) is 22.7 Å². The van der Waals surface area contributed by atoms with E-state index in [1.807, 2.05) is 6.07 Å². The van der Waals surface area contributed by atoms with Crippen molar-refractivity contribution in [2.24, 2.45) is 0 Å². The summed E-state index contributed by atoms with van der Waals surface area (Å²) in [6, 6.07) is 7.31. The summed E-state index contributed by atoms with van der Waals surface area (Å²) in [5, 5.41) is 7.54. The van der Waals surface area contributed by atoms with Crippen LogP contribution < -0.4 is 10.6 Å². The fraction of sp³-hybridized carbons (Fsp3) is 0.158. The van der Waals surface area contributed by atoms with Crippen LogP contribution in [-0.4, -0.2) is 16.5 Å². The quantitative estimate of drug-likeness (QED) is 0.499. The second-order valence-corrected chi connectivity index (χ2v) is 8.25. The van der Waals surface area contributed by atoms with E-state index < -0.39 is 0 Å². The van der Waals surface area contributed by atoms with Gasteiger partial charge >= 0.3 is 0 Å². The third-order valence-electron chi connectivity index (χ3n) is 4.69. The van der Waals surface area contributed by atoms with Crippen LogP contribution in [0.3, 0.4) is 0 Å². The largest absolute Gasteiger partial charge is 0.388 e. The molecule has 4 heterocycles. The molecule has 7 heteroatoms. The maximum absolute atomic E-state index is 14.5. The lowest BCUT2D eigenvalue weighted by Crippen LogP contribution is -2.03. The van der Waals surface area contributed by atoms with E-state index in [9.17, 15) is 4.39 Å². The number of rotatable bonds is 3. The third kappa shape index (κ3) is 2.55. The summed E-state index contributed by atoms with van der Waals surface area (Å²) in [5.41, 5.74) is 4.86. The van der Waals surface area contributed by atoms with E-state index >= 15 is 0 Å². The minimum absolute atomic E-state index is 0.282. The predicted molar refractivity (Wildman–Crippen MR) is 107 cm³/mol. The number of nitrogens with zero attached hydrogens (tertiary/aromatic N) is 2. The van der Waals surface area contributed by atoms with Gasteiger partial charge in [0.2, 0.25) is 0 Å². The summed E-state index contributed by atoms with van der Waals surface area (Å²) in [7, 11) is 0. The zero-order valence-corrected chi connectivity index (χ0v) is 15.4. The third-order valence-corrected chi connectivity index (χ3v) is 6.64. The molecule has 4 nitrogen and oxygen atoms in total. The molecule has 0 bridgehead atoms. The maximum Gasteiger partial charge on any atom is 0.148 e. The van der Waals surface area contributed by atoms with E-state index in [0.29, 0.717) is 11.6 Å². The zero-order valence-electron chi connectivity index (χ0n) is 13.8. The normalized spacial score (nSPS) is 17.1.